The fourth-order valence-electron chi connectivity index (χ4n) is 3.41. The molecule has 0 unspecified atom stereocenters. The lowest BCUT2D eigenvalue weighted by Crippen LogP contribution is -2.23. The van der Waals surface area contributed by atoms with Crippen molar-refractivity contribution in [1.82, 2.24) is 9.97 Å². The summed E-state index contributed by atoms with van der Waals surface area (Å²) in [5.74, 6) is 2.26. The summed E-state index contributed by atoms with van der Waals surface area (Å²) in [6.45, 7) is 1.76. The topological polar surface area (TPSA) is 95.1 Å². The number of fused-ring (bicyclic) bond motifs is 1. The van der Waals surface area contributed by atoms with Crippen LogP contribution in [0.25, 0.3) is 10.9 Å². The van der Waals surface area contributed by atoms with Crippen LogP contribution < -0.4 is 29.4 Å². The molecule has 0 bridgehead atoms. The van der Waals surface area contributed by atoms with E-state index < -0.39 is 0 Å². The van der Waals surface area contributed by atoms with E-state index in [-0.39, 0.29) is 11.3 Å². The second-order valence-electron chi connectivity index (χ2n) is 7.13. The Labute approximate surface area is 186 Å². The molecule has 0 aliphatic carbocycles. The number of anilines is 1. The maximum atomic E-state index is 12.9. The molecule has 1 N–H and O–H groups in total. The molecule has 1 heterocycles. The molecule has 0 saturated carbocycles. The molecule has 3 rings (SSSR count). The predicted octanol–water partition coefficient (Wildman–Crippen LogP) is 3.00. The Morgan fingerprint density at radius 2 is 1.78 bits per heavy atom. The molecule has 0 atom stereocenters. The Morgan fingerprint density at radius 3 is 2.47 bits per heavy atom. The standard InChI is InChI=1S/C23H29N3O6/c1-26(14-15-8-6-9-16(12-15)32-11-7-10-28-2)23-24-17-13-18(29-3)20(30-4)21(31-5)19(17)22(27)25-23/h6,8-9,12-13H,7,10-11,14H2,1-5H3,(H,24,25,27). The summed E-state index contributed by atoms with van der Waals surface area (Å²) in [5.41, 5.74) is 1.13. The molecular weight excluding hydrogens is 414 g/mol. The summed E-state index contributed by atoms with van der Waals surface area (Å²) < 4.78 is 27.0. The third kappa shape index (κ3) is 5.05. The Bertz CT molecular complexity index is 1110. The summed E-state index contributed by atoms with van der Waals surface area (Å²) in [5, 5.41) is 0.300. The first-order valence-corrected chi connectivity index (χ1v) is 10.2. The van der Waals surface area contributed by atoms with Crippen molar-refractivity contribution in [2.75, 3.05) is 53.6 Å². The van der Waals surface area contributed by atoms with Gasteiger partial charge in [0.1, 0.15) is 11.1 Å². The van der Waals surface area contributed by atoms with Gasteiger partial charge in [-0.15, -0.1) is 0 Å². The molecular formula is C23H29N3O6. The Balaban J connectivity index is 1.87. The average molecular weight is 444 g/mol. The van der Waals surface area contributed by atoms with E-state index in [0.29, 0.717) is 48.1 Å². The smallest absolute Gasteiger partial charge is 0.264 e. The first kappa shape index (κ1) is 23.2. The van der Waals surface area contributed by atoms with Gasteiger partial charge in [0, 0.05) is 39.8 Å². The van der Waals surface area contributed by atoms with E-state index in [9.17, 15) is 4.79 Å². The Morgan fingerprint density at radius 1 is 1.00 bits per heavy atom. The SMILES string of the molecule is COCCCOc1cccc(CN(C)c2nc3cc(OC)c(OC)c(OC)c3c(=O)[nH]2)c1. The average Bonchev–Trinajstić information content (AvgIpc) is 2.80. The predicted molar refractivity (Wildman–Crippen MR) is 123 cm³/mol. The number of benzene rings is 2. The largest absolute Gasteiger partial charge is 0.493 e. The van der Waals surface area contributed by atoms with Gasteiger partial charge in [0.25, 0.3) is 5.56 Å². The molecule has 3 aromatic rings. The number of ether oxygens (including phenoxy) is 5. The summed E-state index contributed by atoms with van der Waals surface area (Å²) in [7, 11) is 8.01. The molecule has 0 radical (unpaired) electrons. The normalized spacial score (nSPS) is 10.8. The van der Waals surface area contributed by atoms with Gasteiger partial charge in [0.15, 0.2) is 11.5 Å². The summed E-state index contributed by atoms with van der Waals surface area (Å²) in [6.07, 6.45) is 0.820. The third-order valence-corrected chi connectivity index (χ3v) is 4.93. The highest BCUT2D eigenvalue weighted by atomic mass is 16.5. The van der Waals surface area contributed by atoms with Gasteiger partial charge >= 0.3 is 0 Å². The number of aromatic amines is 1. The number of nitrogens with zero attached hydrogens (tertiary/aromatic N) is 2. The molecule has 32 heavy (non-hydrogen) atoms. The van der Waals surface area contributed by atoms with Crippen molar-refractivity contribution < 1.29 is 23.7 Å². The fraction of sp³-hybridized carbons (Fsp3) is 0.391. The molecule has 2 aromatic carbocycles. The number of hydrogen-bond acceptors (Lipinski definition) is 8. The monoisotopic (exact) mass is 443 g/mol. The highest BCUT2D eigenvalue weighted by Crippen LogP contribution is 2.41. The zero-order valence-electron chi connectivity index (χ0n) is 19.1. The van der Waals surface area contributed by atoms with Crippen LogP contribution in [0.2, 0.25) is 0 Å². The van der Waals surface area contributed by atoms with Gasteiger partial charge in [0.2, 0.25) is 11.7 Å². The molecule has 9 heteroatoms. The lowest BCUT2D eigenvalue weighted by atomic mass is 10.2. The lowest BCUT2D eigenvalue weighted by molar-refractivity contribution is 0.172. The third-order valence-electron chi connectivity index (χ3n) is 4.93. The molecule has 172 valence electrons. The van der Waals surface area contributed by atoms with E-state index in [4.69, 9.17) is 23.7 Å². The maximum absolute atomic E-state index is 12.9. The van der Waals surface area contributed by atoms with Crippen molar-refractivity contribution >= 4 is 16.9 Å². The number of hydrogen-bond donors (Lipinski definition) is 1. The number of rotatable bonds is 11. The molecule has 0 fully saturated rings. The van der Waals surface area contributed by atoms with Gasteiger partial charge in [-0.25, -0.2) is 4.98 Å². The highest BCUT2D eigenvalue weighted by molar-refractivity contribution is 5.90. The Hall–Kier alpha value is -3.46. The van der Waals surface area contributed by atoms with Gasteiger partial charge in [0.05, 0.1) is 33.5 Å². The Kier molecular flexibility index (Phi) is 7.77. The van der Waals surface area contributed by atoms with Crippen LogP contribution >= 0.6 is 0 Å². The van der Waals surface area contributed by atoms with Crippen LogP contribution in [0.15, 0.2) is 35.1 Å². The van der Waals surface area contributed by atoms with Crippen molar-refractivity contribution in [3.05, 3.63) is 46.2 Å². The van der Waals surface area contributed by atoms with Gasteiger partial charge in [-0.3, -0.25) is 9.78 Å². The minimum Gasteiger partial charge on any atom is -0.493 e. The molecule has 9 nitrogen and oxygen atoms in total. The zero-order chi connectivity index (χ0) is 23.1. The van der Waals surface area contributed by atoms with Crippen LogP contribution in [-0.4, -0.2) is 58.7 Å². The lowest BCUT2D eigenvalue weighted by Gasteiger charge is -2.20. The molecule has 0 spiro atoms. The molecule has 1 aromatic heterocycles. The zero-order valence-corrected chi connectivity index (χ0v) is 19.1. The van der Waals surface area contributed by atoms with Gasteiger partial charge < -0.3 is 28.6 Å². The van der Waals surface area contributed by atoms with Crippen LogP contribution in [0.3, 0.4) is 0 Å². The maximum Gasteiger partial charge on any atom is 0.264 e. The van der Waals surface area contributed by atoms with Crippen LogP contribution in [0.4, 0.5) is 5.95 Å². The minimum absolute atomic E-state index is 0.281. The number of aromatic nitrogens is 2. The molecule has 0 aliphatic rings. The van der Waals surface area contributed by atoms with Crippen molar-refractivity contribution in [3.63, 3.8) is 0 Å². The summed E-state index contributed by atoms with van der Waals surface area (Å²) >= 11 is 0. The van der Waals surface area contributed by atoms with Crippen molar-refractivity contribution in [1.29, 1.82) is 0 Å². The highest BCUT2D eigenvalue weighted by Gasteiger charge is 2.20. The van der Waals surface area contributed by atoms with Crippen molar-refractivity contribution in [3.8, 4) is 23.0 Å². The number of nitrogens with one attached hydrogen (secondary N) is 1. The van der Waals surface area contributed by atoms with Gasteiger partial charge in [-0.2, -0.15) is 0 Å². The number of methoxy groups -OCH3 is 4. The molecule has 0 amide bonds. The van der Waals surface area contributed by atoms with Gasteiger partial charge in [-0.05, 0) is 17.7 Å². The van der Waals surface area contributed by atoms with E-state index in [2.05, 4.69) is 9.97 Å². The number of H-pyrrole nitrogens is 1. The second kappa shape index (κ2) is 10.7. The fourth-order valence-corrected chi connectivity index (χ4v) is 3.41. The first-order valence-electron chi connectivity index (χ1n) is 10.2. The summed E-state index contributed by atoms with van der Waals surface area (Å²) in [6, 6.07) is 9.48. The molecule has 0 aliphatic heterocycles. The van der Waals surface area contributed by atoms with E-state index in [1.54, 1.807) is 13.2 Å². The van der Waals surface area contributed by atoms with E-state index in [0.717, 1.165) is 17.7 Å². The van der Waals surface area contributed by atoms with Crippen LogP contribution in [0, 0.1) is 0 Å². The van der Waals surface area contributed by atoms with Crippen molar-refractivity contribution in [2.45, 2.75) is 13.0 Å². The van der Waals surface area contributed by atoms with Crippen molar-refractivity contribution in [2.24, 2.45) is 0 Å². The van der Waals surface area contributed by atoms with Gasteiger partial charge in [-0.1, -0.05) is 12.1 Å². The van der Waals surface area contributed by atoms with Crippen LogP contribution in [0.5, 0.6) is 23.0 Å². The molecule has 0 saturated heterocycles. The minimum atomic E-state index is -0.329. The quantitative estimate of drug-likeness (QED) is 0.452. The van der Waals surface area contributed by atoms with E-state index in [1.807, 2.05) is 36.2 Å². The summed E-state index contributed by atoms with van der Waals surface area (Å²) in [4.78, 5) is 22.2. The van der Waals surface area contributed by atoms with Crippen LogP contribution in [0.1, 0.15) is 12.0 Å². The van der Waals surface area contributed by atoms with E-state index >= 15 is 0 Å². The van der Waals surface area contributed by atoms with E-state index in [1.165, 1.54) is 21.3 Å². The second-order valence-corrected chi connectivity index (χ2v) is 7.13. The van der Waals surface area contributed by atoms with Crippen LogP contribution in [-0.2, 0) is 11.3 Å². The first-order chi connectivity index (χ1) is 15.5.